The van der Waals surface area contributed by atoms with Crippen molar-refractivity contribution in [2.45, 2.75) is 44.7 Å². The van der Waals surface area contributed by atoms with Crippen LogP contribution in [0.4, 0.5) is 0 Å². The minimum atomic E-state index is 0.946. The van der Waals surface area contributed by atoms with E-state index in [4.69, 9.17) is 0 Å². The van der Waals surface area contributed by atoms with Crippen molar-refractivity contribution in [1.29, 1.82) is 0 Å². The van der Waals surface area contributed by atoms with Gasteiger partial charge in [-0.3, -0.25) is 9.80 Å². The van der Waals surface area contributed by atoms with Crippen molar-refractivity contribution in [3.05, 3.63) is 35.9 Å². The Morgan fingerprint density at radius 1 is 0.739 bits per heavy atom. The molecule has 0 amide bonds. The lowest BCUT2D eigenvalue weighted by Crippen LogP contribution is -2.60. The van der Waals surface area contributed by atoms with E-state index in [0.29, 0.717) is 0 Å². The predicted molar refractivity (Wildman–Crippen MR) is 94.1 cm³/mol. The summed E-state index contributed by atoms with van der Waals surface area (Å²) in [7, 11) is 0. The van der Waals surface area contributed by atoms with E-state index in [1.54, 1.807) is 32.1 Å². The molecule has 0 atom stereocenters. The molecule has 1 heterocycles. The smallest absolute Gasteiger partial charge is 0.0234 e. The van der Waals surface area contributed by atoms with E-state index in [0.717, 1.165) is 36.3 Å². The molecule has 4 bridgehead atoms. The second kappa shape index (κ2) is 5.89. The molecule has 1 aromatic carbocycles. The summed E-state index contributed by atoms with van der Waals surface area (Å²) in [6.45, 7) is 6.27. The topological polar surface area (TPSA) is 6.48 Å². The molecule has 0 radical (unpaired) electrons. The first-order valence-corrected chi connectivity index (χ1v) is 9.85. The Morgan fingerprint density at radius 2 is 1.35 bits per heavy atom. The molecule has 0 N–H and O–H groups in total. The molecular formula is C21H30N2. The maximum absolute atomic E-state index is 2.90. The van der Waals surface area contributed by atoms with Gasteiger partial charge < -0.3 is 0 Å². The fraction of sp³-hybridized carbons (Fsp3) is 0.714. The second-order valence-corrected chi connectivity index (χ2v) is 8.72. The molecule has 4 aliphatic carbocycles. The zero-order valence-corrected chi connectivity index (χ0v) is 14.2. The highest BCUT2D eigenvalue weighted by atomic mass is 15.3. The summed E-state index contributed by atoms with van der Waals surface area (Å²) in [5.74, 6) is 4.31. The molecule has 6 rings (SSSR count). The molecule has 0 aromatic heterocycles. The highest BCUT2D eigenvalue weighted by Gasteiger charge is 2.50. The van der Waals surface area contributed by atoms with Crippen LogP contribution in [-0.2, 0) is 6.54 Å². The van der Waals surface area contributed by atoms with Crippen molar-refractivity contribution in [2.24, 2.45) is 23.7 Å². The number of hydrogen-bond donors (Lipinski definition) is 0. The Morgan fingerprint density at radius 3 is 1.96 bits per heavy atom. The van der Waals surface area contributed by atoms with E-state index in [9.17, 15) is 0 Å². The van der Waals surface area contributed by atoms with Crippen LogP contribution in [0.15, 0.2) is 30.3 Å². The largest absolute Gasteiger partial charge is 0.297 e. The molecule has 5 aliphatic rings. The maximum Gasteiger partial charge on any atom is 0.0234 e. The van der Waals surface area contributed by atoms with Crippen LogP contribution in [0.2, 0.25) is 0 Å². The monoisotopic (exact) mass is 310 g/mol. The van der Waals surface area contributed by atoms with E-state index in [1.165, 1.54) is 31.7 Å². The lowest BCUT2D eigenvalue weighted by atomic mass is 9.54. The minimum Gasteiger partial charge on any atom is -0.297 e. The van der Waals surface area contributed by atoms with E-state index < -0.39 is 0 Å². The normalized spacial score (nSPS) is 40.6. The number of nitrogens with zero attached hydrogens (tertiary/aromatic N) is 2. The van der Waals surface area contributed by atoms with Crippen molar-refractivity contribution in [3.8, 4) is 0 Å². The SMILES string of the molecule is c1ccc(CN2CCN(C3C4CC5CC(C4)CC3C5)CC2)cc1. The van der Waals surface area contributed by atoms with Gasteiger partial charge in [0.25, 0.3) is 0 Å². The zero-order valence-electron chi connectivity index (χ0n) is 14.2. The Labute approximate surface area is 140 Å². The van der Waals surface area contributed by atoms with Gasteiger partial charge in [-0.1, -0.05) is 30.3 Å². The van der Waals surface area contributed by atoms with Crippen LogP contribution in [0.5, 0.6) is 0 Å². The van der Waals surface area contributed by atoms with Crippen LogP contribution in [0, 0.1) is 23.7 Å². The Balaban J connectivity index is 1.20. The second-order valence-electron chi connectivity index (χ2n) is 8.72. The van der Waals surface area contributed by atoms with Gasteiger partial charge in [0.1, 0.15) is 0 Å². The quantitative estimate of drug-likeness (QED) is 0.841. The van der Waals surface area contributed by atoms with Gasteiger partial charge >= 0.3 is 0 Å². The molecule has 23 heavy (non-hydrogen) atoms. The highest BCUT2D eigenvalue weighted by molar-refractivity contribution is 5.14. The fourth-order valence-electron chi connectivity index (χ4n) is 6.55. The predicted octanol–water partition coefficient (Wildman–Crippen LogP) is 3.63. The summed E-state index contributed by atoms with van der Waals surface area (Å²) in [5, 5.41) is 0. The van der Waals surface area contributed by atoms with Gasteiger partial charge in [-0.25, -0.2) is 0 Å². The van der Waals surface area contributed by atoms with Crippen LogP contribution < -0.4 is 0 Å². The summed E-state index contributed by atoms with van der Waals surface area (Å²) in [4.78, 5) is 5.55. The summed E-state index contributed by atoms with van der Waals surface area (Å²) >= 11 is 0. The summed E-state index contributed by atoms with van der Waals surface area (Å²) in [6, 6.07) is 11.9. The fourth-order valence-corrected chi connectivity index (χ4v) is 6.55. The van der Waals surface area contributed by atoms with E-state index in [1.807, 2.05) is 0 Å². The summed E-state index contributed by atoms with van der Waals surface area (Å²) < 4.78 is 0. The molecule has 0 unspecified atom stereocenters. The first-order chi connectivity index (χ1) is 11.3. The molecular weight excluding hydrogens is 280 g/mol. The lowest BCUT2D eigenvalue weighted by molar-refractivity contribution is -0.0769. The van der Waals surface area contributed by atoms with Crippen molar-refractivity contribution in [2.75, 3.05) is 26.2 Å². The molecule has 1 saturated heterocycles. The van der Waals surface area contributed by atoms with Gasteiger partial charge in [0.05, 0.1) is 0 Å². The van der Waals surface area contributed by atoms with Gasteiger partial charge in [0.15, 0.2) is 0 Å². The number of rotatable bonds is 3. The van der Waals surface area contributed by atoms with Crippen LogP contribution in [-0.4, -0.2) is 42.0 Å². The molecule has 5 fully saturated rings. The van der Waals surface area contributed by atoms with Gasteiger partial charge in [-0.15, -0.1) is 0 Å². The zero-order chi connectivity index (χ0) is 15.2. The standard InChI is InChI=1S/C21H30N2/c1-2-4-16(5-3-1)15-22-6-8-23(9-7-22)21-19-11-17-10-18(13-19)14-20(21)12-17/h1-5,17-21H,6-15H2. The highest BCUT2D eigenvalue weighted by Crippen LogP contribution is 2.55. The maximum atomic E-state index is 2.90. The third kappa shape index (κ3) is 2.74. The third-order valence-electron chi connectivity index (χ3n) is 7.25. The van der Waals surface area contributed by atoms with Gasteiger partial charge in [0.2, 0.25) is 0 Å². The van der Waals surface area contributed by atoms with Crippen LogP contribution in [0.1, 0.15) is 37.7 Å². The number of piperazine rings is 1. The molecule has 124 valence electrons. The lowest BCUT2D eigenvalue weighted by Gasteiger charge is -2.58. The van der Waals surface area contributed by atoms with Crippen LogP contribution >= 0.6 is 0 Å². The third-order valence-corrected chi connectivity index (χ3v) is 7.25. The average molecular weight is 310 g/mol. The summed E-state index contributed by atoms with van der Waals surface area (Å²) in [6.07, 6.45) is 7.80. The van der Waals surface area contributed by atoms with Gasteiger partial charge in [-0.2, -0.15) is 0 Å². The van der Waals surface area contributed by atoms with Gasteiger partial charge in [-0.05, 0) is 61.3 Å². The van der Waals surface area contributed by atoms with E-state index in [-0.39, 0.29) is 0 Å². The van der Waals surface area contributed by atoms with Crippen LogP contribution in [0.25, 0.3) is 0 Å². The number of benzene rings is 1. The van der Waals surface area contributed by atoms with Crippen molar-refractivity contribution >= 4 is 0 Å². The molecule has 1 aromatic rings. The minimum absolute atomic E-state index is 0.946. The summed E-state index contributed by atoms with van der Waals surface area (Å²) in [5.41, 5.74) is 1.47. The molecule has 1 aliphatic heterocycles. The van der Waals surface area contributed by atoms with Crippen molar-refractivity contribution in [3.63, 3.8) is 0 Å². The van der Waals surface area contributed by atoms with Crippen molar-refractivity contribution in [1.82, 2.24) is 9.80 Å². The van der Waals surface area contributed by atoms with Gasteiger partial charge in [0, 0.05) is 38.8 Å². The first kappa shape index (κ1) is 14.5. The Hall–Kier alpha value is -0.860. The average Bonchev–Trinajstić information content (AvgIpc) is 2.56. The van der Waals surface area contributed by atoms with E-state index >= 15 is 0 Å². The Bertz CT molecular complexity index is 504. The number of hydrogen-bond acceptors (Lipinski definition) is 2. The molecule has 4 saturated carbocycles. The molecule has 0 spiro atoms. The van der Waals surface area contributed by atoms with Crippen molar-refractivity contribution < 1.29 is 0 Å². The first-order valence-electron chi connectivity index (χ1n) is 9.85. The van der Waals surface area contributed by atoms with E-state index in [2.05, 4.69) is 40.1 Å². The molecule has 2 nitrogen and oxygen atoms in total. The Kier molecular flexibility index (Phi) is 3.71. The molecule has 2 heteroatoms. The van der Waals surface area contributed by atoms with Crippen LogP contribution in [0.3, 0.4) is 0 Å².